The molecule has 2 rings (SSSR count). The van der Waals surface area contributed by atoms with Crippen molar-refractivity contribution in [1.82, 2.24) is 9.55 Å². The summed E-state index contributed by atoms with van der Waals surface area (Å²) in [6, 6.07) is 0. The Kier molecular flexibility index (Phi) is 4.86. The van der Waals surface area contributed by atoms with Crippen LogP contribution in [0.2, 0.25) is 0 Å². The van der Waals surface area contributed by atoms with Gasteiger partial charge in [0.25, 0.3) is 0 Å². The van der Waals surface area contributed by atoms with Crippen LogP contribution in [0, 0.1) is 19.8 Å². The number of imidazole rings is 1. The number of methoxy groups -OCH3 is 1. The minimum absolute atomic E-state index is 0.219. The number of rotatable bonds is 6. The van der Waals surface area contributed by atoms with E-state index in [9.17, 15) is 8.42 Å². The Morgan fingerprint density at radius 2 is 1.95 bits per heavy atom. The van der Waals surface area contributed by atoms with E-state index in [1.165, 1.54) is 0 Å². The van der Waals surface area contributed by atoms with Crippen LogP contribution < -0.4 is 0 Å². The third kappa shape index (κ3) is 3.23. The molecule has 1 aromatic rings. The van der Waals surface area contributed by atoms with E-state index in [2.05, 4.69) is 4.98 Å². The molecule has 1 aliphatic carbocycles. The molecule has 0 aromatic carbocycles. The van der Waals surface area contributed by atoms with Crippen molar-refractivity contribution in [3.8, 4) is 0 Å². The van der Waals surface area contributed by atoms with Crippen molar-refractivity contribution < 1.29 is 13.2 Å². The van der Waals surface area contributed by atoms with Crippen LogP contribution in [0.4, 0.5) is 0 Å². The molecule has 0 spiro atoms. The molecule has 114 valence electrons. The second-order valence-electron chi connectivity index (χ2n) is 5.64. The molecule has 0 N–H and O–H groups in total. The number of sulfone groups is 1. The number of hydrogen-bond donors (Lipinski definition) is 0. The van der Waals surface area contributed by atoms with Gasteiger partial charge in [0, 0.05) is 19.3 Å². The van der Waals surface area contributed by atoms with E-state index in [0.29, 0.717) is 19.1 Å². The second-order valence-corrected chi connectivity index (χ2v) is 7.57. The summed E-state index contributed by atoms with van der Waals surface area (Å²) in [4.78, 5) is 4.30. The highest BCUT2D eigenvalue weighted by Gasteiger charge is 2.28. The van der Waals surface area contributed by atoms with Gasteiger partial charge in [-0.1, -0.05) is 12.8 Å². The minimum atomic E-state index is -3.31. The molecule has 5 nitrogen and oxygen atoms in total. The highest BCUT2D eigenvalue weighted by molar-refractivity contribution is 7.91. The van der Waals surface area contributed by atoms with Crippen LogP contribution in [0.3, 0.4) is 0 Å². The lowest BCUT2D eigenvalue weighted by atomic mass is 10.1. The van der Waals surface area contributed by atoms with Gasteiger partial charge in [0.1, 0.15) is 0 Å². The Bertz CT molecular complexity index is 557. The summed E-state index contributed by atoms with van der Waals surface area (Å²) in [5, 5.41) is 0.219. The van der Waals surface area contributed by atoms with Crippen molar-refractivity contribution in [2.75, 3.05) is 19.5 Å². The monoisotopic (exact) mass is 300 g/mol. The molecule has 1 heterocycles. The standard InChI is InChI=1S/C14H24N2O3S/c1-11-12(2)16(8-9-19-3)14(15-11)20(17,18)10-13-6-4-5-7-13/h13H,4-10H2,1-3H3. The number of aryl methyl sites for hydroxylation is 1. The van der Waals surface area contributed by atoms with Gasteiger partial charge in [-0.15, -0.1) is 0 Å². The molecule has 0 aliphatic heterocycles. The van der Waals surface area contributed by atoms with Crippen LogP contribution in [0.5, 0.6) is 0 Å². The molecule has 0 radical (unpaired) electrons. The van der Waals surface area contributed by atoms with E-state index < -0.39 is 9.84 Å². The van der Waals surface area contributed by atoms with Crippen LogP contribution >= 0.6 is 0 Å². The topological polar surface area (TPSA) is 61.2 Å². The van der Waals surface area contributed by atoms with Crippen LogP contribution in [0.25, 0.3) is 0 Å². The summed E-state index contributed by atoms with van der Waals surface area (Å²) < 4.78 is 32.1. The molecule has 1 aliphatic rings. The van der Waals surface area contributed by atoms with Crippen molar-refractivity contribution in [3.05, 3.63) is 11.4 Å². The van der Waals surface area contributed by atoms with Crippen molar-refractivity contribution in [2.24, 2.45) is 5.92 Å². The Balaban J connectivity index is 2.27. The Labute approximate surface area is 121 Å². The molecule has 0 saturated heterocycles. The van der Waals surface area contributed by atoms with Gasteiger partial charge in [-0.2, -0.15) is 0 Å². The van der Waals surface area contributed by atoms with Gasteiger partial charge >= 0.3 is 0 Å². The smallest absolute Gasteiger partial charge is 0.228 e. The summed E-state index contributed by atoms with van der Waals surface area (Å²) in [5.41, 5.74) is 1.69. The van der Waals surface area contributed by atoms with E-state index in [-0.39, 0.29) is 10.9 Å². The van der Waals surface area contributed by atoms with Gasteiger partial charge in [0.15, 0.2) is 0 Å². The predicted molar refractivity (Wildman–Crippen MR) is 77.6 cm³/mol. The maximum Gasteiger partial charge on any atom is 0.228 e. The van der Waals surface area contributed by atoms with E-state index in [0.717, 1.165) is 37.1 Å². The molecular weight excluding hydrogens is 276 g/mol. The van der Waals surface area contributed by atoms with E-state index in [1.807, 2.05) is 13.8 Å². The zero-order chi connectivity index (χ0) is 14.8. The zero-order valence-corrected chi connectivity index (χ0v) is 13.4. The largest absolute Gasteiger partial charge is 0.383 e. The van der Waals surface area contributed by atoms with Crippen LogP contribution in [-0.2, 0) is 21.1 Å². The van der Waals surface area contributed by atoms with Crippen molar-refractivity contribution in [1.29, 1.82) is 0 Å². The fourth-order valence-corrected chi connectivity index (χ4v) is 4.81. The molecule has 0 unspecified atom stereocenters. The average molecular weight is 300 g/mol. The highest BCUT2D eigenvalue weighted by atomic mass is 32.2. The number of hydrogen-bond acceptors (Lipinski definition) is 4. The van der Waals surface area contributed by atoms with E-state index in [4.69, 9.17) is 4.74 Å². The highest BCUT2D eigenvalue weighted by Crippen LogP contribution is 2.28. The number of nitrogens with zero attached hydrogens (tertiary/aromatic N) is 2. The van der Waals surface area contributed by atoms with Crippen molar-refractivity contribution >= 4 is 9.84 Å². The number of aromatic nitrogens is 2. The molecule has 20 heavy (non-hydrogen) atoms. The van der Waals surface area contributed by atoms with E-state index >= 15 is 0 Å². The lowest BCUT2D eigenvalue weighted by molar-refractivity contribution is 0.184. The maximum absolute atomic E-state index is 12.6. The maximum atomic E-state index is 12.6. The van der Waals surface area contributed by atoms with Gasteiger partial charge in [-0.3, -0.25) is 0 Å². The Morgan fingerprint density at radius 3 is 2.55 bits per heavy atom. The van der Waals surface area contributed by atoms with Gasteiger partial charge in [0.2, 0.25) is 15.0 Å². The molecule has 1 fully saturated rings. The third-order valence-corrected chi connectivity index (χ3v) is 5.93. The average Bonchev–Trinajstić information content (AvgIpc) is 2.97. The predicted octanol–water partition coefficient (Wildman–Crippen LogP) is 2.11. The molecule has 1 aromatic heterocycles. The first-order chi connectivity index (χ1) is 9.45. The Hall–Kier alpha value is -0.880. The lowest BCUT2D eigenvalue weighted by Crippen LogP contribution is -2.20. The summed E-state index contributed by atoms with van der Waals surface area (Å²) in [6.07, 6.45) is 4.35. The van der Waals surface area contributed by atoms with Crippen LogP contribution in [-0.4, -0.2) is 37.4 Å². The first kappa shape index (κ1) is 15.5. The van der Waals surface area contributed by atoms with E-state index in [1.54, 1.807) is 11.7 Å². The van der Waals surface area contributed by atoms with Gasteiger partial charge in [0.05, 0.1) is 18.1 Å². The molecule has 0 bridgehead atoms. The van der Waals surface area contributed by atoms with Gasteiger partial charge in [-0.25, -0.2) is 13.4 Å². The summed E-state index contributed by atoms with van der Waals surface area (Å²) in [6.45, 7) is 4.78. The van der Waals surface area contributed by atoms with Gasteiger partial charge < -0.3 is 9.30 Å². The first-order valence-electron chi connectivity index (χ1n) is 7.21. The quantitative estimate of drug-likeness (QED) is 0.807. The molecule has 0 amide bonds. The summed E-state index contributed by atoms with van der Waals surface area (Å²) >= 11 is 0. The summed E-state index contributed by atoms with van der Waals surface area (Å²) in [5.74, 6) is 0.531. The second kappa shape index (κ2) is 6.26. The molecule has 0 atom stereocenters. The normalized spacial score (nSPS) is 16.9. The molecule has 6 heteroatoms. The fourth-order valence-electron chi connectivity index (χ4n) is 2.87. The summed E-state index contributed by atoms with van der Waals surface area (Å²) in [7, 11) is -1.69. The minimum Gasteiger partial charge on any atom is -0.383 e. The van der Waals surface area contributed by atoms with Crippen LogP contribution in [0.1, 0.15) is 37.1 Å². The SMILES string of the molecule is COCCn1c(S(=O)(=O)CC2CCCC2)nc(C)c1C. The third-order valence-electron chi connectivity index (χ3n) is 4.15. The van der Waals surface area contributed by atoms with Crippen molar-refractivity contribution in [2.45, 2.75) is 51.2 Å². The number of ether oxygens (including phenoxy) is 1. The fraction of sp³-hybridized carbons (Fsp3) is 0.786. The van der Waals surface area contributed by atoms with Gasteiger partial charge in [-0.05, 0) is 32.6 Å². The zero-order valence-electron chi connectivity index (χ0n) is 12.6. The lowest BCUT2D eigenvalue weighted by Gasteiger charge is -2.12. The first-order valence-corrected chi connectivity index (χ1v) is 8.86. The van der Waals surface area contributed by atoms with Crippen molar-refractivity contribution in [3.63, 3.8) is 0 Å². The molecular formula is C14H24N2O3S. The van der Waals surface area contributed by atoms with Crippen LogP contribution in [0.15, 0.2) is 5.16 Å². The Morgan fingerprint density at radius 1 is 1.30 bits per heavy atom. The molecule has 1 saturated carbocycles.